The lowest BCUT2D eigenvalue weighted by Gasteiger charge is -2.33. The number of nitrogens with one attached hydrogen (secondary N) is 1. The summed E-state index contributed by atoms with van der Waals surface area (Å²) in [5.41, 5.74) is 0.500. The predicted octanol–water partition coefficient (Wildman–Crippen LogP) is 2.48. The van der Waals surface area contributed by atoms with Gasteiger partial charge >= 0.3 is 0 Å². The number of nitriles is 1. The SMILES string of the molecule is N#Cc1c(N2CCC(CCO)CC2)nc(Cc2ccccc2Cl)[nH]c1=O. The minimum atomic E-state index is -0.419. The molecule has 0 bridgehead atoms. The minimum absolute atomic E-state index is 0.0496. The molecule has 0 atom stereocenters. The Morgan fingerprint density at radius 2 is 2.08 bits per heavy atom. The van der Waals surface area contributed by atoms with Crippen molar-refractivity contribution in [1.29, 1.82) is 5.26 Å². The first-order valence-corrected chi connectivity index (χ1v) is 9.12. The number of aliphatic hydroxyl groups is 1. The minimum Gasteiger partial charge on any atom is -0.396 e. The van der Waals surface area contributed by atoms with Crippen molar-refractivity contribution >= 4 is 17.4 Å². The average molecular weight is 373 g/mol. The summed E-state index contributed by atoms with van der Waals surface area (Å²) in [5.74, 6) is 1.42. The Balaban J connectivity index is 1.88. The Morgan fingerprint density at radius 1 is 1.35 bits per heavy atom. The maximum atomic E-state index is 12.4. The maximum Gasteiger partial charge on any atom is 0.271 e. The van der Waals surface area contributed by atoms with E-state index >= 15 is 0 Å². The molecular weight excluding hydrogens is 352 g/mol. The van der Waals surface area contributed by atoms with Crippen LogP contribution >= 0.6 is 11.6 Å². The van der Waals surface area contributed by atoms with Gasteiger partial charge in [0.2, 0.25) is 0 Å². The number of rotatable bonds is 5. The van der Waals surface area contributed by atoms with Crippen molar-refractivity contribution in [2.75, 3.05) is 24.6 Å². The number of hydrogen-bond acceptors (Lipinski definition) is 5. The molecule has 1 fully saturated rings. The molecule has 1 aliphatic rings. The third-order valence-corrected chi connectivity index (χ3v) is 5.20. The average Bonchev–Trinajstić information content (AvgIpc) is 2.64. The van der Waals surface area contributed by atoms with E-state index in [1.165, 1.54) is 0 Å². The lowest BCUT2D eigenvalue weighted by Crippen LogP contribution is -2.36. The van der Waals surface area contributed by atoms with Gasteiger partial charge in [-0.15, -0.1) is 0 Å². The molecule has 7 heteroatoms. The Morgan fingerprint density at radius 3 is 2.73 bits per heavy atom. The smallest absolute Gasteiger partial charge is 0.271 e. The van der Waals surface area contributed by atoms with Crippen LogP contribution in [0.25, 0.3) is 0 Å². The number of halogens is 1. The van der Waals surface area contributed by atoms with Gasteiger partial charge in [0.05, 0.1) is 0 Å². The molecule has 0 saturated carbocycles. The van der Waals surface area contributed by atoms with E-state index in [1.807, 2.05) is 29.2 Å². The van der Waals surface area contributed by atoms with Gasteiger partial charge in [-0.2, -0.15) is 5.26 Å². The van der Waals surface area contributed by atoms with Gasteiger partial charge in [0.25, 0.3) is 5.56 Å². The van der Waals surface area contributed by atoms with Gasteiger partial charge in [0.15, 0.2) is 11.4 Å². The molecule has 136 valence electrons. The van der Waals surface area contributed by atoms with Gasteiger partial charge in [-0.1, -0.05) is 29.8 Å². The summed E-state index contributed by atoms with van der Waals surface area (Å²) < 4.78 is 0. The van der Waals surface area contributed by atoms with E-state index in [1.54, 1.807) is 6.07 Å². The number of aliphatic hydroxyl groups excluding tert-OH is 1. The summed E-state index contributed by atoms with van der Waals surface area (Å²) in [6, 6.07) is 9.41. The van der Waals surface area contributed by atoms with Crippen molar-refractivity contribution in [1.82, 2.24) is 9.97 Å². The van der Waals surface area contributed by atoms with E-state index in [0.29, 0.717) is 29.0 Å². The van der Waals surface area contributed by atoms with E-state index in [4.69, 9.17) is 16.7 Å². The second kappa shape index (κ2) is 8.35. The summed E-state index contributed by atoms with van der Waals surface area (Å²) in [6.07, 6.45) is 3.02. The van der Waals surface area contributed by atoms with Crippen LogP contribution in [0.3, 0.4) is 0 Å². The standard InChI is InChI=1S/C19H21ClN4O2/c20-16-4-2-1-3-14(16)11-17-22-18(15(12-21)19(26)23-17)24-8-5-13(6-9-24)7-10-25/h1-4,13,25H,5-11H2,(H,22,23,26). The zero-order valence-corrected chi connectivity index (χ0v) is 15.2. The third-order valence-electron chi connectivity index (χ3n) is 4.83. The van der Waals surface area contributed by atoms with Gasteiger partial charge in [0.1, 0.15) is 11.9 Å². The molecular formula is C19H21ClN4O2. The summed E-state index contributed by atoms with van der Waals surface area (Å²) in [4.78, 5) is 21.6. The highest BCUT2D eigenvalue weighted by Gasteiger charge is 2.24. The number of anilines is 1. The van der Waals surface area contributed by atoms with Crippen LogP contribution in [0, 0.1) is 17.2 Å². The van der Waals surface area contributed by atoms with Crippen molar-refractivity contribution in [3.8, 4) is 6.07 Å². The van der Waals surface area contributed by atoms with Crippen LogP contribution in [0.15, 0.2) is 29.1 Å². The fourth-order valence-corrected chi connectivity index (χ4v) is 3.56. The molecule has 1 aromatic heterocycles. The Kier molecular flexibility index (Phi) is 5.92. The molecule has 1 aliphatic heterocycles. The van der Waals surface area contributed by atoms with E-state index in [0.717, 1.165) is 37.9 Å². The van der Waals surface area contributed by atoms with Gasteiger partial charge < -0.3 is 15.0 Å². The Bertz CT molecular complexity index is 867. The van der Waals surface area contributed by atoms with Crippen LogP contribution in [0.4, 0.5) is 5.82 Å². The molecule has 3 rings (SSSR count). The molecule has 0 aliphatic carbocycles. The highest BCUT2D eigenvalue weighted by atomic mass is 35.5. The summed E-state index contributed by atoms with van der Waals surface area (Å²) >= 11 is 6.20. The van der Waals surface area contributed by atoms with Gasteiger partial charge in [-0.3, -0.25) is 4.79 Å². The maximum absolute atomic E-state index is 12.4. The zero-order chi connectivity index (χ0) is 18.5. The van der Waals surface area contributed by atoms with Crippen molar-refractivity contribution < 1.29 is 5.11 Å². The number of H-pyrrole nitrogens is 1. The van der Waals surface area contributed by atoms with Gasteiger partial charge in [-0.05, 0) is 36.8 Å². The number of aromatic amines is 1. The second-order valence-electron chi connectivity index (χ2n) is 6.53. The van der Waals surface area contributed by atoms with Crippen molar-refractivity contribution in [3.05, 3.63) is 56.6 Å². The number of nitrogens with zero attached hydrogens (tertiary/aromatic N) is 3. The van der Waals surface area contributed by atoms with E-state index in [-0.39, 0.29) is 12.2 Å². The van der Waals surface area contributed by atoms with Crippen LogP contribution < -0.4 is 10.5 Å². The Labute approximate surface area is 157 Å². The second-order valence-corrected chi connectivity index (χ2v) is 6.94. The normalized spacial score (nSPS) is 15.0. The summed E-state index contributed by atoms with van der Waals surface area (Å²) in [6.45, 7) is 1.64. The Hall–Kier alpha value is -2.36. The van der Waals surface area contributed by atoms with Crippen molar-refractivity contribution in [2.45, 2.75) is 25.7 Å². The van der Waals surface area contributed by atoms with Crippen molar-refractivity contribution in [3.63, 3.8) is 0 Å². The van der Waals surface area contributed by atoms with Gasteiger partial charge in [-0.25, -0.2) is 4.98 Å². The molecule has 2 N–H and O–H groups in total. The van der Waals surface area contributed by atoms with Crippen LogP contribution in [-0.4, -0.2) is 34.8 Å². The summed E-state index contributed by atoms with van der Waals surface area (Å²) in [5, 5.41) is 19.1. The molecule has 2 heterocycles. The van der Waals surface area contributed by atoms with Crippen LogP contribution in [0.2, 0.25) is 5.02 Å². The highest BCUT2D eigenvalue weighted by molar-refractivity contribution is 6.31. The molecule has 0 radical (unpaired) electrons. The van der Waals surface area contributed by atoms with E-state index in [9.17, 15) is 10.1 Å². The predicted molar refractivity (Wildman–Crippen MR) is 100 cm³/mol. The molecule has 0 spiro atoms. The first-order valence-electron chi connectivity index (χ1n) is 8.75. The quantitative estimate of drug-likeness (QED) is 0.841. The van der Waals surface area contributed by atoms with E-state index < -0.39 is 5.56 Å². The fourth-order valence-electron chi connectivity index (χ4n) is 3.36. The number of aromatic nitrogens is 2. The number of benzene rings is 1. The zero-order valence-electron chi connectivity index (χ0n) is 14.4. The van der Waals surface area contributed by atoms with Crippen LogP contribution in [0.1, 0.15) is 36.2 Å². The monoisotopic (exact) mass is 372 g/mol. The molecule has 6 nitrogen and oxygen atoms in total. The first kappa shape index (κ1) is 18.4. The summed E-state index contributed by atoms with van der Waals surface area (Å²) in [7, 11) is 0. The fraction of sp³-hybridized carbons (Fsp3) is 0.421. The molecule has 26 heavy (non-hydrogen) atoms. The highest BCUT2D eigenvalue weighted by Crippen LogP contribution is 2.25. The topological polar surface area (TPSA) is 93.0 Å². The third kappa shape index (κ3) is 4.06. The number of piperidine rings is 1. The molecule has 2 aromatic rings. The van der Waals surface area contributed by atoms with Gasteiger partial charge in [0, 0.05) is 31.1 Å². The first-order chi connectivity index (χ1) is 12.6. The largest absolute Gasteiger partial charge is 0.396 e. The lowest BCUT2D eigenvalue weighted by molar-refractivity contribution is 0.240. The van der Waals surface area contributed by atoms with Crippen LogP contribution in [0.5, 0.6) is 0 Å². The molecule has 1 aromatic carbocycles. The molecule has 1 saturated heterocycles. The van der Waals surface area contributed by atoms with E-state index in [2.05, 4.69) is 9.97 Å². The van der Waals surface area contributed by atoms with Crippen LogP contribution in [-0.2, 0) is 6.42 Å². The lowest BCUT2D eigenvalue weighted by atomic mass is 9.94. The van der Waals surface area contributed by atoms with Crippen molar-refractivity contribution in [2.24, 2.45) is 5.92 Å². The molecule has 0 unspecified atom stereocenters. The molecule has 0 amide bonds. The number of hydrogen-bond donors (Lipinski definition) is 2.